The number of hydrogen-bond acceptors (Lipinski definition) is 2. The molecule has 0 aromatic heterocycles. The van der Waals surface area contributed by atoms with Crippen molar-refractivity contribution in [1.29, 1.82) is 0 Å². The molecule has 0 amide bonds. The van der Waals surface area contributed by atoms with Gasteiger partial charge in [0.25, 0.3) is 0 Å². The van der Waals surface area contributed by atoms with Gasteiger partial charge in [-0.1, -0.05) is 36.3 Å². The van der Waals surface area contributed by atoms with Crippen LogP contribution in [0.5, 0.6) is 11.5 Å². The minimum absolute atomic E-state index is 0.678. The van der Waals surface area contributed by atoms with Crippen molar-refractivity contribution in [3.05, 3.63) is 48.0 Å². The number of rotatable bonds is 3. The molecule has 2 rings (SSSR count). The first-order valence-electron chi connectivity index (χ1n) is 5.58. The van der Waals surface area contributed by atoms with Crippen molar-refractivity contribution in [1.82, 2.24) is 0 Å². The molecule has 2 heteroatoms. The Balaban J connectivity index is 2.64. The van der Waals surface area contributed by atoms with Crippen LogP contribution in [-0.4, -0.2) is 14.2 Å². The van der Waals surface area contributed by atoms with Gasteiger partial charge in [0.1, 0.15) is 11.5 Å². The fraction of sp³-hybridized carbons (Fsp3) is 0.125. The third kappa shape index (κ3) is 2.16. The van der Waals surface area contributed by atoms with E-state index in [0.29, 0.717) is 11.3 Å². The summed E-state index contributed by atoms with van der Waals surface area (Å²) in [7, 11) is 3.24. The molecule has 0 N–H and O–H groups in total. The van der Waals surface area contributed by atoms with Crippen LogP contribution >= 0.6 is 0 Å². The topological polar surface area (TPSA) is 18.5 Å². The highest BCUT2D eigenvalue weighted by molar-refractivity contribution is 5.74. The number of benzene rings is 2. The minimum Gasteiger partial charge on any atom is -0.496 e. The van der Waals surface area contributed by atoms with Gasteiger partial charge in [-0.25, -0.2) is 0 Å². The lowest BCUT2D eigenvalue weighted by atomic mass is 10.0. The zero-order valence-electron chi connectivity index (χ0n) is 10.4. The molecule has 0 fully saturated rings. The van der Waals surface area contributed by atoms with Crippen molar-refractivity contribution < 1.29 is 9.47 Å². The molecule has 0 aliphatic rings. The van der Waals surface area contributed by atoms with Crippen LogP contribution in [0.15, 0.2) is 42.5 Å². The second kappa shape index (κ2) is 5.29. The maximum atomic E-state index is 5.45. The van der Waals surface area contributed by atoms with Crippen LogP contribution in [0.3, 0.4) is 0 Å². The maximum Gasteiger partial charge on any atom is 0.135 e. The van der Waals surface area contributed by atoms with Crippen LogP contribution in [0.4, 0.5) is 0 Å². The Morgan fingerprint density at radius 3 is 2.17 bits per heavy atom. The van der Waals surface area contributed by atoms with Crippen LogP contribution in [-0.2, 0) is 0 Å². The first kappa shape index (κ1) is 12.1. The van der Waals surface area contributed by atoms with E-state index in [1.807, 2.05) is 42.5 Å². The number of hydrogen-bond donors (Lipinski definition) is 0. The van der Waals surface area contributed by atoms with Crippen molar-refractivity contribution in [3.8, 4) is 35.0 Å². The molecule has 90 valence electrons. The summed E-state index contributed by atoms with van der Waals surface area (Å²) < 4.78 is 10.7. The molecule has 0 heterocycles. The third-order valence-electron chi connectivity index (χ3n) is 2.76. The fourth-order valence-electron chi connectivity index (χ4n) is 1.85. The fourth-order valence-corrected chi connectivity index (χ4v) is 1.85. The van der Waals surface area contributed by atoms with E-state index in [2.05, 4.69) is 5.92 Å². The molecule has 0 atom stereocenters. The van der Waals surface area contributed by atoms with Gasteiger partial charge >= 0.3 is 0 Å². The van der Waals surface area contributed by atoms with Gasteiger partial charge in [-0.3, -0.25) is 0 Å². The van der Waals surface area contributed by atoms with E-state index >= 15 is 0 Å². The van der Waals surface area contributed by atoms with E-state index in [1.165, 1.54) is 0 Å². The molecule has 0 aliphatic carbocycles. The van der Waals surface area contributed by atoms with Gasteiger partial charge in [0.05, 0.1) is 19.8 Å². The molecule has 0 radical (unpaired) electrons. The number of terminal acetylenes is 1. The second-order valence-corrected chi connectivity index (χ2v) is 3.76. The molecule has 2 nitrogen and oxygen atoms in total. The normalized spacial score (nSPS) is 9.61. The number of methoxy groups -OCH3 is 2. The monoisotopic (exact) mass is 238 g/mol. The molecule has 0 spiro atoms. The van der Waals surface area contributed by atoms with Crippen LogP contribution in [0.1, 0.15) is 5.56 Å². The van der Waals surface area contributed by atoms with Gasteiger partial charge in [-0.15, -0.1) is 6.42 Å². The predicted octanol–water partition coefficient (Wildman–Crippen LogP) is 3.35. The molecule has 0 saturated carbocycles. The van der Waals surface area contributed by atoms with Gasteiger partial charge in [0.15, 0.2) is 0 Å². The first-order chi connectivity index (χ1) is 8.80. The summed E-state index contributed by atoms with van der Waals surface area (Å²) >= 11 is 0. The van der Waals surface area contributed by atoms with Crippen LogP contribution < -0.4 is 9.47 Å². The number of ether oxygens (including phenoxy) is 2. The SMILES string of the molecule is C#Cc1cc(OC)c(-c2ccccc2)cc1OC. The maximum absolute atomic E-state index is 5.45. The zero-order valence-corrected chi connectivity index (χ0v) is 10.4. The standard InChI is InChI=1S/C16H14O2/c1-4-12-10-16(18-3)14(11-15(12)17-2)13-8-6-5-7-9-13/h1,5-11H,2-3H3. The quantitative estimate of drug-likeness (QED) is 0.763. The molecule has 0 unspecified atom stereocenters. The van der Waals surface area contributed by atoms with E-state index in [9.17, 15) is 0 Å². The molecule has 0 bridgehead atoms. The van der Waals surface area contributed by atoms with Crippen molar-refractivity contribution >= 4 is 0 Å². The van der Waals surface area contributed by atoms with Crippen molar-refractivity contribution in [3.63, 3.8) is 0 Å². The van der Waals surface area contributed by atoms with E-state index in [1.54, 1.807) is 14.2 Å². The van der Waals surface area contributed by atoms with Crippen LogP contribution in [0, 0.1) is 12.3 Å². The van der Waals surface area contributed by atoms with E-state index < -0.39 is 0 Å². The van der Waals surface area contributed by atoms with Gasteiger partial charge in [-0.05, 0) is 11.6 Å². The molecule has 2 aromatic rings. The van der Waals surface area contributed by atoms with Gasteiger partial charge in [0, 0.05) is 11.6 Å². The summed E-state index contributed by atoms with van der Waals surface area (Å²) in [6.07, 6.45) is 5.45. The Hall–Kier alpha value is -2.40. The second-order valence-electron chi connectivity index (χ2n) is 3.76. The average Bonchev–Trinajstić information content (AvgIpc) is 2.46. The highest BCUT2D eigenvalue weighted by Gasteiger charge is 2.11. The van der Waals surface area contributed by atoms with Crippen molar-refractivity contribution in [2.45, 2.75) is 0 Å². The smallest absolute Gasteiger partial charge is 0.135 e. The highest BCUT2D eigenvalue weighted by atomic mass is 16.5. The Bertz CT molecular complexity index is 580. The Morgan fingerprint density at radius 1 is 0.944 bits per heavy atom. The summed E-state index contributed by atoms with van der Waals surface area (Å²) in [5.41, 5.74) is 2.72. The molecule has 0 saturated heterocycles. The lowest BCUT2D eigenvalue weighted by molar-refractivity contribution is 0.403. The third-order valence-corrected chi connectivity index (χ3v) is 2.76. The molecular formula is C16H14O2. The highest BCUT2D eigenvalue weighted by Crippen LogP contribution is 2.35. The summed E-state index contributed by atoms with van der Waals surface area (Å²) in [4.78, 5) is 0. The minimum atomic E-state index is 0.678. The predicted molar refractivity (Wildman–Crippen MR) is 72.9 cm³/mol. The largest absolute Gasteiger partial charge is 0.496 e. The van der Waals surface area contributed by atoms with E-state index in [4.69, 9.17) is 15.9 Å². The zero-order chi connectivity index (χ0) is 13.0. The van der Waals surface area contributed by atoms with Crippen LogP contribution in [0.2, 0.25) is 0 Å². The average molecular weight is 238 g/mol. The van der Waals surface area contributed by atoms with Crippen LogP contribution in [0.25, 0.3) is 11.1 Å². The molecular weight excluding hydrogens is 224 g/mol. The van der Waals surface area contributed by atoms with Crippen molar-refractivity contribution in [2.24, 2.45) is 0 Å². The van der Waals surface area contributed by atoms with E-state index in [-0.39, 0.29) is 0 Å². The Morgan fingerprint density at radius 2 is 1.61 bits per heavy atom. The summed E-state index contributed by atoms with van der Waals surface area (Å²) in [6, 6.07) is 13.7. The summed E-state index contributed by atoms with van der Waals surface area (Å²) in [6.45, 7) is 0. The Labute approximate surface area is 107 Å². The summed E-state index contributed by atoms with van der Waals surface area (Å²) in [5.74, 6) is 4.02. The first-order valence-corrected chi connectivity index (χ1v) is 5.58. The van der Waals surface area contributed by atoms with Crippen molar-refractivity contribution in [2.75, 3.05) is 14.2 Å². The Kier molecular flexibility index (Phi) is 3.54. The van der Waals surface area contributed by atoms with E-state index in [0.717, 1.165) is 16.9 Å². The molecule has 18 heavy (non-hydrogen) atoms. The summed E-state index contributed by atoms with van der Waals surface area (Å²) in [5, 5.41) is 0. The van der Waals surface area contributed by atoms with Gasteiger partial charge in [-0.2, -0.15) is 0 Å². The van der Waals surface area contributed by atoms with Gasteiger partial charge < -0.3 is 9.47 Å². The van der Waals surface area contributed by atoms with Gasteiger partial charge in [0.2, 0.25) is 0 Å². The lowest BCUT2D eigenvalue weighted by Crippen LogP contribution is -1.93. The molecule has 0 aliphatic heterocycles. The molecule has 2 aromatic carbocycles. The lowest BCUT2D eigenvalue weighted by Gasteiger charge is -2.12.